The first kappa shape index (κ1) is 17.6. The number of aromatic nitrogens is 3. The quantitative estimate of drug-likeness (QED) is 0.892. The Morgan fingerprint density at radius 2 is 2.04 bits per heavy atom. The SMILES string of the molecule is CCOc1nn(Cc2cc(C(F)(F)F)ccc2C(=O)O)c(=O)n1C. The van der Waals surface area contributed by atoms with Crippen LogP contribution in [-0.4, -0.2) is 32.0 Å². The molecule has 1 heterocycles. The molecule has 0 saturated carbocycles. The molecule has 0 unspecified atom stereocenters. The topological polar surface area (TPSA) is 86.4 Å². The summed E-state index contributed by atoms with van der Waals surface area (Å²) in [7, 11) is 1.39. The molecule has 7 nitrogen and oxygen atoms in total. The van der Waals surface area contributed by atoms with E-state index in [1.54, 1.807) is 6.92 Å². The van der Waals surface area contributed by atoms with E-state index in [1.807, 2.05) is 0 Å². The van der Waals surface area contributed by atoms with Crippen LogP contribution in [0.15, 0.2) is 23.0 Å². The number of carbonyl (C=O) groups is 1. The molecule has 0 aliphatic heterocycles. The Hall–Kier alpha value is -2.78. The second-order valence-electron chi connectivity index (χ2n) is 4.89. The Balaban J connectivity index is 2.50. The predicted octanol–water partition coefficient (Wildman–Crippen LogP) is 1.75. The first-order chi connectivity index (χ1) is 11.1. The molecule has 0 radical (unpaired) electrons. The van der Waals surface area contributed by atoms with Crippen molar-refractivity contribution < 1.29 is 27.8 Å². The maximum atomic E-state index is 12.8. The highest BCUT2D eigenvalue weighted by Crippen LogP contribution is 2.30. The fourth-order valence-electron chi connectivity index (χ4n) is 2.10. The third kappa shape index (κ3) is 3.42. The van der Waals surface area contributed by atoms with E-state index in [2.05, 4.69) is 5.10 Å². The first-order valence-corrected chi connectivity index (χ1v) is 6.85. The number of ether oxygens (including phenoxy) is 1. The summed E-state index contributed by atoms with van der Waals surface area (Å²) in [5.74, 6) is -1.40. The summed E-state index contributed by atoms with van der Waals surface area (Å²) in [6.07, 6.45) is -4.63. The molecule has 0 spiro atoms. The minimum Gasteiger partial charge on any atom is -0.478 e. The molecule has 0 fully saturated rings. The normalized spacial score (nSPS) is 11.5. The smallest absolute Gasteiger partial charge is 0.416 e. The van der Waals surface area contributed by atoms with Crippen LogP contribution in [0, 0.1) is 0 Å². The van der Waals surface area contributed by atoms with E-state index in [9.17, 15) is 22.8 Å². The van der Waals surface area contributed by atoms with Gasteiger partial charge in [-0.2, -0.15) is 13.2 Å². The predicted molar refractivity (Wildman–Crippen MR) is 76.1 cm³/mol. The Morgan fingerprint density at radius 3 is 2.58 bits per heavy atom. The number of hydrogen-bond donors (Lipinski definition) is 1. The van der Waals surface area contributed by atoms with Crippen molar-refractivity contribution in [1.29, 1.82) is 0 Å². The number of carboxylic acids is 1. The third-order valence-corrected chi connectivity index (χ3v) is 3.26. The van der Waals surface area contributed by atoms with Gasteiger partial charge >= 0.3 is 23.8 Å². The Morgan fingerprint density at radius 1 is 1.38 bits per heavy atom. The number of alkyl halides is 3. The molecule has 1 aromatic heterocycles. The van der Waals surface area contributed by atoms with E-state index < -0.39 is 29.9 Å². The Kier molecular flexibility index (Phi) is 4.67. The highest BCUT2D eigenvalue weighted by molar-refractivity contribution is 5.89. The van der Waals surface area contributed by atoms with Crippen LogP contribution in [0.2, 0.25) is 0 Å². The van der Waals surface area contributed by atoms with Crippen LogP contribution in [0.1, 0.15) is 28.4 Å². The van der Waals surface area contributed by atoms with Gasteiger partial charge in [0.25, 0.3) is 0 Å². The zero-order valence-corrected chi connectivity index (χ0v) is 12.8. The van der Waals surface area contributed by atoms with Crippen molar-refractivity contribution in [2.75, 3.05) is 6.61 Å². The fraction of sp³-hybridized carbons (Fsp3) is 0.357. The molecule has 24 heavy (non-hydrogen) atoms. The summed E-state index contributed by atoms with van der Waals surface area (Å²) in [6.45, 7) is 1.50. The van der Waals surface area contributed by atoms with Gasteiger partial charge < -0.3 is 9.84 Å². The molecule has 0 bridgehead atoms. The van der Waals surface area contributed by atoms with Gasteiger partial charge in [-0.05, 0) is 30.7 Å². The number of benzene rings is 1. The summed E-state index contributed by atoms with van der Waals surface area (Å²) < 4.78 is 45.6. The highest BCUT2D eigenvalue weighted by Gasteiger charge is 2.31. The average Bonchev–Trinajstić information content (AvgIpc) is 2.75. The zero-order chi connectivity index (χ0) is 18.1. The molecule has 0 amide bonds. The largest absolute Gasteiger partial charge is 0.478 e. The van der Waals surface area contributed by atoms with Crippen LogP contribution in [0.5, 0.6) is 6.01 Å². The van der Waals surface area contributed by atoms with Gasteiger partial charge in [0.2, 0.25) is 0 Å². The monoisotopic (exact) mass is 345 g/mol. The number of hydrogen-bond acceptors (Lipinski definition) is 4. The van der Waals surface area contributed by atoms with Crippen LogP contribution in [-0.2, 0) is 19.8 Å². The summed E-state index contributed by atoms with van der Waals surface area (Å²) >= 11 is 0. The summed E-state index contributed by atoms with van der Waals surface area (Å²) in [5.41, 5.74) is -2.15. The van der Waals surface area contributed by atoms with Crippen molar-refractivity contribution >= 4 is 5.97 Å². The fourth-order valence-corrected chi connectivity index (χ4v) is 2.10. The molecular formula is C14H14F3N3O4. The standard InChI is InChI=1S/C14H14F3N3O4/c1-3-24-12-18-20(13(23)19(12)2)7-8-6-9(14(15,16)17)4-5-10(8)11(21)22/h4-6H,3,7H2,1-2H3,(H,21,22). The molecule has 0 aliphatic rings. The van der Waals surface area contributed by atoms with Gasteiger partial charge in [-0.25, -0.2) is 18.8 Å². The number of halogens is 3. The number of rotatable bonds is 5. The minimum atomic E-state index is -4.63. The van der Waals surface area contributed by atoms with Crippen LogP contribution in [0.25, 0.3) is 0 Å². The van der Waals surface area contributed by atoms with Crippen LogP contribution in [0.4, 0.5) is 13.2 Å². The van der Waals surface area contributed by atoms with Gasteiger partial charge in [0, 0.05) is 7.05 Å². The molecule has 2 aromatic rings. The summed E-state index contributed by atoms with van der Waals surface area (Å²) in [6, 6.07) is 2.23. The molecular weight excluding hydrogens is 331 g/mol. The number of carboxylic acid groups (broad SMARTS) is 1. The molecule has 1 aromatic carbocycles. The lowest BCUT2D eigenvalue weighted by atomic mass is 10.0. The Bertz CT molecular complexity index is 824. The molecule has 0 atom stereocenters. The van der Waals surface area contributed by atoms with Gasteiger partial charge in [0.15, 0.2) is 0 Å². The van der Waals surface area contributed by atoms with Crippen molar-refractivity contribution in [3.8, 4) is 6.01 Å². The summed E-state index contributed by atoms with van der Waals surface area (Å²) in [5, 5.41) is 13.0. The van der Waals surface area contributed by atoms with Gasteiger partial charge in [-0.15, -0.1) is 5.10 Å². The molecule has 10 heteroatoms. The molecule has 0 aliphatic carbocycles. The van der Waals surface area contributed by atoms with Crippen molar-refractivity contribution in [3.63, 3.8) is 0 Å². The number of nitrogens with zero attached hydrogens (tertiary/aromatic N) is 3. The second-order valence-corrected chi connectivity index (χ2v) is 4.89. The van der Waals surface area contributed by atoms with E-state index >= 15 is 0 Å². The van der Waals surface area contributed by atoms with Crippen molar-refractivity contribution in [2.24, 2.45) is 7.05 Å². The van der Waals surface area contributed by atoms with E-state index in [1.165, 1.54) is 7.05 Å². The van der Waals surface area contributed by atoms with E-state index in [0.29, 0.717) is 12.1 Å². The average molecular weight is 345 g/mol. The number of aromatic carboxylic acids is 1. The minimum absolute atomic E-state index is 0.00801. The molecule has 2 rings (SSSR count). The highest BCUT2D eigenvalue weighted by atomic mass is 19.4. The van der Waals surface area contributed by atoms with Gasteiger partial charge in [0.05, 0.1) is 24.3 Å². The van der Waals surface area contributed by atoms with Gasteiger partial charge in [-0.1, -0.05) is 0 Å². The second kappa shape index (κ2) is 6.38. The first-order valence-electron chi connectivity index (χ1n) is 6.85. The zero-order valence-electron chi connectivity index (χ0n) is 12.8. The van der Waals surface area contributed by atoms with Crippen LogP contribution in [0.3, 0.4) is 0 Å². The van der Waals surface area contributed by atoms with E-state index in [-0.39, 0.29) is 23.7 Å². The van der Waals surface area contributed by atoms with Crippen molar-refractivity contribution in [1.82, 2.24) is 14.3 Å². The van der Waals surface area contributed by atoms with Gasteiger partial charge in [0.1, 0.15) is 0 Å². The molecule has 1 N–H and O–H groups in total. The maximum absolute atomic E-state index is 12.8. The molecule has 130 valence electrons. The van der Waals surface area contributed by atoms with Crippen molar-refractivity contribution in [2.45, 2.75) is 19.6 Å². The lowest BCUT2D eigenvalue weighted by molar-refractivity contribution is -0.137. The lowest BCUT2D eigenvalue weighted by Crippen LogP contribution is -2.24. The van der Waals surface area contributed by atoms with Gasteiger partial charge in [-0.3, -0.25) is 0 Å². The third-order valence-electron chi connectivity index (χ3n) is 3.26. The van der Waals surface area contributed by atoms with E-state index in [4.69, 9.17) is 9.84 Å². The van der Waals surface area contributed by atoms with Crippen LogP contribution >= 0.6 is 0 Å². The Labute approximate surface area is 133 Å². The maximum Gasteiger partial charge on any atom is 0.416 e. The molecule has 0 saturated heterocycles. The van der Waals surface area contributed by atoms with Crippen molar-refractivity contribution in [3.05, 3.63) is 45.4 Å². The van der Waals surface area contributed by atoms with Crippen LogP contribution < -0.4 is 10.4 Å². The van der Waals surface area contributed by atoms with E-state index in [0.717, 1.165) is 15.3 Å². The summed E-state index contributed by atoms with van der Waals surface area (Å²) in [4.78, 5) is 23.3. The lowest BCUT2D eigenvalue weighted by Gasteiger charge is -2.11.